The van der Waals surface area contributed by atoms with Crippen LogP contribution in [-0.4, -0.2) is 11.0 Å². The average Bonchev–Trinajstić information content (AvgIpc) is 2.41. The Bertz CT molecular complexity index is 669. The highest BCUT2D eigenvalue weighted by molar-refractivity contribution is 6.05. The summed E-state index contributed by atoms with van der Waals surface area (Å²) in [5.41, 5.74) is 3.02. The number of anilines is 1. The lowest BCUT2D eigenvalue weighted by Gasteiger charge is -2.23. The van der Waals surface area contributed by atoms with E-state index in [1.54, 1.807) is 19.1 Å². The molecule has 0 saturated carbocycles. The van der Waals surface area contributed by atoms with Crippen molar-refractivity contribution in [3.05, 3.63) is 59.2 Å². The normalized spacial score (nSPS) is 11.2. The third-order valence-corrected chi connectivity index (χ3v) is 3.45. The van der Waals surface area contributed by atoms with Crippen molar-refractivity contribution in [2.75, 3.05) is 5.32 Å². The van der Waals surface area contributed by atoms with Crippen LogP contribution in [0.2, 0.25) is 0 Å². The smallest absolute Gasteiger partial charge is 0.255 e. The second-order valence-corrected chi connectivity index (χ2v) is 6.25. The minimum Gasteiger partial charge on any atom is -0.508 e. The van der Waals surface area contributed by atoms with Crippen LogP contribution < -0.4 is 5.32 Å². The fourth-order valence-electron chi connectivity index (χ4n) is 2.19. The molecular formula is C18H21NO2. The first-order valence-corrected chi connectivity index (χ1v) is 6.99. The maximum atomic E-state index is 12.3. The largest absolute Gasteiger partial charge is 0.508 e. The number of rotatable bonds is 2. The van der Waals surface area contributed by atoms with E-state index in [1.165, 1.54) is 6.07 Å². The van der Waals surface area contributed by atoms with Gasteiger partial charge < -0.3 is 10.4 Å². The third kappa shape index (κ3) is 3.43. The number of aryl methyl sites for hydroxylation is 1. The van der Waals surface area contributed by atoms with Crippen LogP contribution >= 0.6 is 0 Å². The van der Waals surface area contributed by atoms with Crippen molar-refractivity contribution in [3.63, 3.8) is 0 Å². The van der Waals surface area contributed by atoms with Crippen LogP contribution in [0.5, 0.6) is 5.75 Å². The Hall–Kier alpha value is -2.29. The molecule has 0 bridgehead atoms. The minimum atomic E-state index is -0.220. The van der Waals surface area contributed by atoms with Gasteiger partial charge in [-0.1, -0.05) is 45.0 Å². The van der Waals surface area contributed by atoms with Crippen molar-refractivity contribution in [1.82, 2.24) is 0 Å². The fourth-order valence-corrected chi connectivity index (χ4v) is 2.19. The summed E-state index contributed by atoms with van der Waals surface area (Å²) in [4.78, 5) is 12.3. The van der Waals surface area contributed by atoms with Crippen LogP contribution in [0, 0.1) is 6.92 Å². The number of phenolic OH excluding ortho intramolecular Hbond substituents is 1. The zero-order chi connectivity index (χ0) is 15.6. The van der Waals surface area contributed by atoms with Crippen molar-refractivity contribution in [3.8, 4) is 5.75 Å². The molecule has 2 aromatic rings. The molecular weight excluding hydrogens is 262 g/mol. The Morgan fingerprint density at radius 3 is 2.38 bits per heavy atom. The van der Waals surface area contributed by atoms with Gasteiger partial charge in [0, 0.05) is 11.3 Å². The number of para-hydroxylation sites is 1. The van der Waals surface area contributed by atoms with Gasteiger partial charge in [0.05, 0.1) is 0 Å². The Morgan fingerprint density at radius 1 is 1.10 bits per heavy atom. The first kappa shape index (κ1) is 15.1. The van der Waals surface area contributed by atoms with Gasteiger partial charge in [0.15, 0.2) is 0 Å². The molecule has 0 radical (unpaired) electrons. The molecule has 0 unspecified atom stereocenters. The van der Waals surface area contributed by atoms with E-state index in [4.69, 9.17) is 0 Å². The van der Waals surface area contributed by atoms with Gasteiger partial charge in [0.2, 0.25) is 0 Å². The lowest BCUT2D eigenvalue weighted by molar-refractivity contribution is 0.102. The molecule has 110 valence electrons. The lowest BCUT2D eigenvalue weighted by Crippen LogP contribution is -2.18. The maximum absolute atomic E-state index is 12.3. The van der Waals surface area contributed by atoms with Gasteiger partial charge in [-0.2, -0.15) is 0 Å². The van der Waals surface area contributed by atoms with Crippen LogP contribution in [0.4, 0.5) is 5.69 Å². The summed E-state index contributed by atoms with van der Waals surface area (Å²) in [6, 6.07) is 12.7. The third-order valence-electron chi connectivity index (χ3n) is 3.45. The minimum absolute atomic E-state index is 0.0563. The summed E-state index contributed by atoms with van der Waals surface area (Å²) in [6.07, 6.45) is 0. The number of amides is 1. The molecule has 3 nitrogen and oxygen atoms in total. The van der Waals surface area contributed by atoms with E-state index < -0.39 is 0 Å². The molecule has 0 fully saturated rings. The number of aromatic hydroxyl groups is 1. The van der Waals surface area contributed by atoms with Crippen molar-refractivity contribution in [2.45, 2.75) is 33.1 Å². The predicted octanol–water partition coefficient (Wildman–Crippen LogP) is 4.25. The first-order chi connectivity index (χ1) is 9.79. The van der Waals surface area contributed by atoms with Crippen molar-refractivity contribution >= 4 is 11.6 Å². The molecule has 2 N–H and O–H groups in total. The van der Waals surface area contributed by atoms with Crippen LogP contribution in [0.25, 0.3) is 0 Å². The van der Waals surface area contributed by atoms with Crippen LogP contribution in [0.15, 0.2) is 42.5 Å². The summed E-state index contributed by atoms with van der Waals surface area (Å²) in [5.74, 6) is -0.0891. The zero-order valence-electron chi connectivity index (χ0n) is 12.9. The number of hydrogen-bond acceptors (Lipinski definition) is 2. The molecule has 0 atom stereocenters. The molecule has 1 amide bonds. The molecule has 0 saturated heterocycles. The average molecular weight is 283 g/mol. The number of hydrogen-bond donors (Lipinski definition) is 2. The molecule has 0 spiro atoms. The number of phenols is 1. The molecule has 0 heterocycles. The van der Waals surface area contributed by atoms with Gasteiger partial charge in [0.25, 0.3) is 5.91 Å². The Morgan fingerprint density at radius 2 is 1.76 bits per heavy atom. The maximum Gasteiger partial charge on any atom is 0.255 e. The van der Waals surface area contributed by atoms with E-state index in [0.29, 0.717) is 5.56 Å². The van der Waals surface area contributed by atoms with Gasteiger partial charge in [0.1, 0.15) is 5.75 Å². The van der Waals surface area contributed by atoms with Crippen LogP contribution in [-0.2, 0) is 5.41 Å². The summed E-state index contributed by atoms with van der Waals surface area (Å²) >= 11 is 0. The van der Waals surface area contributed by atoms with Crippen LogP contribution in [0.1, 0.15) is 42.3 Å². The number of carbonyl (C=O) groups is 1. The molecule has 0 aliphatic heterocycles. The van der Waals surface area contributed by atoms with E-state index in [0.717, 1.165) is 16.8 Å². The zero-order valence-corrected chi connectivity index (χ0v) is 12.9. The first-order valence-electron chi connectivity index (χ1n) is 6.99. The van der Waals surface area contributed by atoms with E-state index in [1.807, 2.05) is 24.3 Å². The molecule has 2 rings (SSSR count). The van der Waals surface area contributed by atoms with Gasteiger partial charge in [-0.3, -0.25) is 4.79 Å². The summed E-state index contributed by atoms with van der Waals surface area (Å²) < 4.78 is 0. The van der Waals surface area contributed by atoms with Crippen molar-refractivity contribution in [1.29, 1.82) is 0 Å². The Labute approximate surface area is 125 Å². The summed E-state index contributed by atoms with van der Waals surface area (Å²) in [7, 11) is 0. The van der Waals surface area contributed by atoms with Gasteiger partial charge in [-0.05, 0) is 41.7 Å². The summed E-state index contributed by atoms with van der Waals surface area (Å²) in [5, 5.41) is 12.6. The standard InChI is InChI=1S/C18H21NO2/c1-12-9-10-13(11-16(12)20)17(21)19-15-8-6-5-7-14(15)18(2,3)4/h5-11,20H,1-4H3,(H,19,21). The molecule has 0 aromatic heterocycles. The second-order valence-electron chi connectivity index (χ2n) is 6.25. The highest BCUT2D eigenvalue weighted by Crippen LogP contribution is 2.29. The monoisotopic (exact) mass is 283 g/mol. The van der Waals surface area contributed by atoms with Crippen LogP contribution in [0.3, 0.4) is 0 Å². The van der Waals surface area contributed by atoms with E-state index in [9.17, 15) is 9.90 Å². The molecule has 21 heavy (non-hydrogen) atoms. The van der Waals surface area contributed by atoms with Gasteiger partial charge in [-0.15, -0.1) is 0 Å². The Kier molecular flexibility index (Phi) is 4.03. The SMILES string of the molecule is Cc1ccc(C(=O)Nc2ccccc2C(C)(C)C)cc1O. The highest BCUT2D eigenvalue weighted by Gasteiger charge is 2.19. The van der Waals surface area contributed by atoms with Gasteiger partial charge in [-0.25, -0.2) is 0 Å². The highest BCUT2D eigenvalue weighted by atomic mass is 16.3. The van der Waals surface area contributed by atoms with Crippen molar-refractivity contribution < 1.29 is 9.90 Å². The predicted molar refractivity (Wildman–Crippen MR) is 85.9 cm³/mol. The topological polar surface area (TPSA) is 49.3 Å². The molecule has 2 aromatic carbocycles. The molecule has 0 aliphatic rings. The number of benzene rings is 2. The number of nitrogens with one attached hydrogen (secondary N) is 1. The van der Waals surface area contributed by atoms with E-state index >= 15 is 0 Å². The lowest BCUT2D eigenvalue weighted by atomic mass is 9.86. The summed E-state index contributed by atoms with van der Waals surface area (Å²) in [6.45, 7) is 8.12. The van der Waals surface area contributed by atoms with E-state index in [-0.39, 0.29) is 17.1 Å². The second kappa shape index (κ2) is 5.60. The quantitative estimate of drug-likeness (QED) is 0.865. The van der Waals surface area contributed by atoms with E-state index in [2.05, 4.69) is 26.1 Å². The molecule has 3 heteroatoms. The molecule has 0 aliphatic carbocycles. The number of carbonyl (C=O) groups excluding carboxylic acids is 1. The van der Waals surface area contributed by atoms with Gasteiger partial charge >= 0.3 is 0 Å². The Balaban J connectivity index is 2.30. The van der Waals surface area contributed by atoms with Crippen molar-refractivity contribution in [2.24, 2.45) is 0 Å². The fraction of sp³-hybridized carbons (Fsp3) is 0.278.